The molecule has 1 aliphatic heterocycles. The van der Waals surface area contributed by atoms with Gasteiger partial charge in [-0.15, -0.1) is 11.3 Å². The number of aliphatic carboxylic acids is 1. The number of hydrogen-bond donors (Lipinski definition) is 1. The lowest BCUT2D eigenvalue weighted by Gasteiger charge is -2.36. The highest BCUT2D eigenvalue weighted by Crippen LogP contribution is 2.27. The van der Waals surface area contributed by atoms with Crippen molar-refractivity contribution in [2.24, 2.45) is 5.92 Å². The summed E-state index contributed by atoms with van der Waals surface area (Å²) in [6.45, 7) is 6.68. The Labute approximate surface area is 118 Å². The fourth-order valence-electron chi connectivity index (χ4n) is 2.66. The highest BCUT2D eigenvalue weighted by atomic mass is 32.1. The summed E-state index contributed by atoms with van der Waals surface area (Å²) in [6.07, 6.45) is 5.43. The first kappa shape index (κ1) is 14.3. The Bertz CT molecular complexity index is 466. The van der Waals surface area contributed by atoms with Gasteiger partial charge in [0.1, 0.15) is 0 Å². The third kappa shape index (κ3) is 3.91. The van der Waals surface area contributed by atoms with Crippen LogP contribution in [0, 0.1) is 5.92 Å². The van der Waals surface area contributed by atoms with Gasteiger partial charge in [0.05, 0.1) is 0 Å². The van der Waals surface area contributed by atoms with Crippen molar-refractivity contribution in [2.75, 3.05) is 6.54 Å². The summed E-state index contributed by atoms with van der Waals surface area (Å²) in [5, 5.41) is 10.7. The minimum absolute atomic E-state index is 0.613. The molecule has 0 saturated carbocycles. The van der Waals surface area contributed by atoms with E-state index < -0.39 is 5.97 Å². The molecule has 1 saturated heterocycles. The quantitative estimate of drug-likeness (QED) is 0.858. The van der Waals surface area contributed by atoms with Gasteiger partial charge < -0.3 is 5.11 Å². The molecule has 1 fully saturated rings. The Morgan fingerprint density at radius 1 is 1.58 bits per heavy atom. The van der Waals surface area contributed by atoms with Gasteiger partial charge in [0.2, 0.25) is 0 Å². The molecule has 0 radical (unpaired) electrons. The molecule has 2 heterocycles. The van der Waals surface area contributed by atoms with Crippen LogP contribution >= 0.6 is 11.3 Å². The third-order valence-electron chi connectivity index (χ3n) is 3.81. The van der Waals surface area contributed by atoms with Crippen molar-refractivity contribution in [3.63, 3.8) is 0 Å². The summed E-state index contributed by atoms with van der Waals surface area (Å²) >= 11 is 1.71. The summed E-state index contributed by atoms with van der Waals surface area (Å²) in [6, 6.07) is 2.61. The zero-order chi connectivity index (χ0) is 13.8. The van der Waals surface area contributed by atoms with Crippen LogP contribution in [0.3, 0.4) is 0 Å². The van der Waals surface area contributed by atoms with Crippen molar-refractivity contribution < 1.29 is 9.90 Å². The first-order chi connectivity index (χ1) is 9.06. The van der Waals surface area contributed by atoms with Crippen LogP contribution in [0.15, 0.2) is 17.5 Å². The van der Waals surface area contributed by atoms with Crippen LogP contribution in [0.5, 0.6) is 0 Å². The van der Waals surface area contributed by atoms with Gasteiger partial charge in [-0.2, -0.15) is 0 Å². The van der Waals surface area contributed by atoms with Crippen LogP contribution in [-0.4, -0.2) is 28.6 Å². The van der Waals surface area contributed by atoms with E-state index in [1.165, 1.54) is 23.8 Å². The number of hydrogen-bond acceptors (Lipinski definition) is 3. The third-order valence-corrected chi connectivity index (χ3v) is 4.73. The molecule has 3 nitrogen and oxygen atoms in total. The average molecular weight is 279 g/mol. The second-order valence-corrected chi connectivity index (χ2v) is 6.42. The van der Waals surface area contributed by atoms with Gasteiger partial charge in [-0.3, -0.25) is 4.90 Å². The molecule has 4 heteroatoms. The monoisotopic (exact) mass is 279 g/mol. The molecule has 0 aliphatic carbocycles. The maximum atomic E-state index is 10.6. The molecule has 2 unspecified atom stereocenters. The number of thiophene rings is 1. The SMILES string of the molecule is CC1CCN(Cc2sccc2/C=C/C(=O)O)C(C)C1. The van der Waals surface area contributed by atoms with Crippen molar-refractivity contribution >= 4 is 23.4 Å². The summed E-state index contributed by atoms with van der Waals surface area (Å²) in [7, 11) is 0. The van der Waals surface area contributed by atoms with Crippen molar-refractivity contribution in [3.8, 4) is 0 Å². The molecule has 104 valence electrons. The number of likely N-dealkylation sites (tertiary alicyclic amines) is 1. The average Bonchev–Trinajstić information content (AvgIpc) is 2.77. The fraction of sp³-hybridized carbons (Fsp3) is 0.533. The van der Waals surface area contributed by atoms with Crippen molar-refractivity contribution in [2.45, 2.75) is 39.3 Å². The van der Waals surface area contributed by atoms with Gasteiger partial charge in [0.15, 0.2) is 0 Å². The molecular weight excluding hydrogens is 258 g/mol. The van der Waals surface area contributed by atoms with Crippen LogP contribution in [0.1, 0.15) is 37.1 Å². The van der Waals surface area contributed by atoms with Gasteiger partial charge in [-0.25, -0.2) is 4.79 Å². The van der Waals surface area contributed by atoms with E-state index in [4.69, 9.17) is 5.11 Å². The van der Waals surface area contributed by atoms with Gasteiger partial charge in [0.25, 0.3) is 0 Å². The van der Waals surface area contributed by atoms with Crippen molar-refractivity contribution in [1.29, 1.82) is 0 Å². The van der Waals surface area contributed by atoms with Crippen LogP contribution in [-0.2, 0) is 11.3 Å². The Hall–Kier alpha value is -1.13. The zero-order valence-corrected chi connectivity index (χ0v) is 12.3. The van der Waals surface area contributed by atoms with Crippen LogP contribution in [0.2, 0.25) is 0 Å². The molecule has 1 aromatic heterocycles. The van der Waals surface area contributed by atoms with E-state index in [0.29, 0.717) is 6.04 Å². The summed E-state index contributed by atoms with van der Waals surface area (Å²) in [5.41, 5.74) is 1.04. The number of piperidine rings is 1. The topological polar surface area (TPSA) is 40.5 Å². The van der Waals surface area contributed by atoms with E-state index in [2.05, 4.69) is 18.7 Å². The molecular formula is C15H21NO2S. The number of carboxylic acid groups (broad SMARTS) is 1. The van der Waals surface area contributed by atoms with E-state index in [1.54, 1.807) is 17.4 Å². The minimum atomic E-state index is -0.891. The predicted octanol–water partition coefficient (Wildman–Crippen LogP) is 3.47. The van der Waals surface area contributed by atoms with Gasteiger partial charge in [0, 0.05) is 23.5 Å². The maximum Gasteiger partial charge on any atom is 0.328 e. The molecule has 19 heavy (non-hydrogen) atoms. The second kappa shape index (κ2) is 6.35. The first-order valence-corrected chi connectivity index (χ1v) is 7.65. The van der Waals surface area contributed by atoms with E-state index in [0.717, 1.165) is 24.6 Å². The zero-order valence-electron chi connectivity index (χ0n) is 11.5. The fourth-order valence-corrected chi connectivity index (χ4v) is 3.56. The Kier molecular flexibility index (Phi) is 4.77. The summed E-state index contributed by atoms with van der Waals surface area (Å²) in [4.78, 5) is 14.4. The van der Waals surface area contributed by atoms with Crippen LogP contribution < -0.4 is 0 Å². The number of carboxylic acids is 1. The summed E-state index contributed by atoms with van der Waals surface area (Å²) in [5.74, 6) is -0.0710. The Morgan fingerprint density at radius 3 is 3.05 bits per heavy atom. The molecule has 2 rings (SSSR count). The number of nitrogens with zero attached hydrogens (tertiary/aromatic N) is 1. The van der Waals surface area contributed by atoms with E-state index in [9.17, 15) is 4.79 Å². The lowest BCUT2D eigenvalue weighted by atomic mass is 9.93. The first-order valence-electron chi connectivity index (χ1n) is 6.77. The van der Waals surface area contributed by atoms with Gasteiger partial charge >= 0.3 is 5.97 Å². The largest absolute Gasteiger partial charge is 0.478 e. The molecule has 0 amide bonds. The Morgan fingerprint density at radius 2 is 2.37 bits per heavy atom. The maximum absolute atomic E-state index is 10.6. The highest BCUT2D eigenvalue weighted by Gasteiger charge is 2.23. The van der Waals surface area contributed by atoms with E-state index in [-0.39, 0.29) is 0 Å². The predicted molar refractivity (Wildman–Crippen MR) is 79.3 cm³/mol. The number of carbonyl (C=O) groups is 1. The minimum Gasteiger partial charge on any atom is -0.478 e. The second-order valence-electron chi connectivity index (χ2n) is 5.42. The standard InChI is InChI=1S/C15H21NO2S/c1-11-5-7-16(12(2)9-11)10-14-13(6-8-19-14)3-4-15(17)18/h3-4,6,8,11-12H,5,7,9-10H2,1-2H3,(H,17,18)/b4-3+. The molecule has 0 bridgehead atoms. The van der Waals surface area contributed by atoms with Crippen LogP contribution in [0.25, 0.3) is 6.08 Å². The van der Waals surface area contributed by atoms with Gasteiger partial charge in [-0.1, -0.05) is 6.92 Å². The van der Waals surface area contributed by atoms with Crippen molar-refractivity contribution in [3.05, 3.63) is 28.0 Å². The van der Waals surface area contributed by atoms with E-state index >= 15 is 0 Å². The number of rotatable bonds is 4. The summed E-state index contributed by atoms with van der Waals surface area (Å²) < 4.78 is 0. The molecule has 1 aliphatic rings. The molecule has 1 N–H and O–H groups in total. The normalized spacial score (nSPS) is 24.9. The molecule has 2 atom stereocenters. The lowest BCUT2D eigenvalue weighted by Crippen LogP contribution is -2.39. The molecule has 0 spiro atoms. The Balaban J connectivity index is 2.03. The molecule has 0 aromatic carbocycles. The van der Waals surface area contributed by atoms with E-state index in [1.807, 2.05) is 11.4 Å². The smallest absolute Gasteiger partial charge is 0.328 e. The lowest BCUT2D eigenvalue weighted by molar-refractivity contribution is -0.131. The highest BCUT2D eigenvalue weighted by molar-refractivity contribution is 7.10. The van der Waals surface area contributed by atoms with Crippen molar-refractivity contribution in [1.82, 2.24) is 4.90 Å². The van der Waals surface area contributed by atoms with Gasteiger partial charge in [-0.05, 0) is 55.3 Å². The molecule has 1 aromatic rings. The van der Waals surface area contributed by atoms with Crippen LogP contribution in [0.4, 0.5) is 0 Å².